The third-order valence-electron chi connectivity index (χ3n) is 3.68. The van der Waals surface area contributed by atoms with Crippen molar-refractivity contribution in [2.75, 3.05) is 5.01 Å². The third kappa shape index (κ3) is 1.94. The van der Waals surface area contributed by atoms with Crippen LogP contribution in [0.3, 0.4) is 0 Å². The van der Waals surface area contributed by atoms with Gasteiger partial charge < -0.3 is 5.21 Å². The van der Waals surface area contributed by atoms with Gasteiger partial charge in [-0.25, -0.2) is 0 Å². The SMILES string of the molecule is CC1=NN(c2ccccc2)C(=O)C1(NO)c1ccccc1. The van der Waals surface area contributed by atoms with Gasteiger partial charge in [-0.15, -0.1) is 0 Å². The molecule has 1 atom stereocenters. The molecular formula is C16H15N3O2. The maximum Gasteiger partial charge on any atom is 0.280 e. The number of hydroxylamine groups is 1. The van der Waals surface area contributed by atoms with Gasteiger partial charge in [-0.05, 0) is 24.6 Å². The van der Waals surface area contributed by atoms with E-state index in [9.17, 15) is 10.0 Å². The summed E-state index contributed by atoms with van der Waals surface area (Å²) in [6.07, 6.45) is 0. The minimum atomic E-state index is -1.34. The summed E-state index contributed by atoms with van der Waals surface area (Å²) in [5.41, 5.74) is 2.64. The highest BCUT2D eigenvalue weighted by molar-refractivity contribution is 6.22. The van der Waals surface area contributed by atoms with E-state index in [0.717, 1.165) is 0 Å². The van der Waals surface area contributed by atoms with Gasteiger partial charge in [0.25, 0.3) is 5.91 Å². The van der Waals surface area contributed by atoms with Crippen LogP contribution in [-0.2, 0) is 10.3 Å². The average molecular weight is 281 g/mol. The number of hydrogen-bond donors (Lipinski definition) is 2. The van der Waals surface area contributed by atoms with Gasteiger partial charge in [0, 0.05) is 0 Å². The molecule has 0 aromatic heterocycles. The fourth-order valence-electron chi connectivity index (χ4n) is 2.54. The monoisotopic (exact) mass is 281 g/mol. The number of amides is 1. The second-order valence-electron chi connectivity index (χ2n) is 4.87. The zero-order valence-electron chi connectivity index (χ0n) is 11.5. The van der Waals surface area contributed by atoms with Crippen LogP contribution in [0.2, 0.25) is 0 Å². The molecular weight excluding hydrogens is 266 g/mol. The Bertz CT molecular complexity index is 685. The molecule has 0 saturated carbocycles. The van der Waals surface area contributed by atoms with Crippen molar-refractivity contribution < 1.29 is 10.0 Å². The average Bonchev–Trinajstić information content (AvgIpc) is 2.81. The molecule has 1 aliphatic rings. The number of carbonyl (C=O) groups excluding carboxylic acids is 1. The first kappa shape index (κ1) is 13.5. The minimum absolute atomic E-state index is 0.333. The molecule has 0 aliphatic carbocycles. The molecule has 0 saturated heterocycles. The molecule has 1 amide bonds. The summed E-state index contributed by atoms with van der Waals surface area (Å²) < 4.78 is 0. The summed E-state index contributed by atoms with van der Waals surface area (Å²) in [7, 11) is 0. The third-order valence-corrected chi connectivity index (χ3v) is 3.68. The van der Waals surface area contributed by atoms with E-state index in [4.69, 9.17) is 0 Å². The predicted molar refractivity (Wildman–Crippen MR) is 80.1 cm³/mol. The van der Waals surface area contributed by atoms with E-state index in [1.165, 1.54) is 5.01 Å². The van der Waals surface area contributed by atoms with Crippen LogP contribution in [0.4, 0.5) is 5.69 Å². The minimum Gasteiger partial charge on any atom is -0.315 e. The molecule has 21 heavy (non-hydrogen) atoms. The topological polar surface area (TPSA) is 64.9 Å². The standard InChI is InChI=1S/C16H15N3O2/c1-12-16(18-21,13-8-4-2-5-9-13)15(20)19(17-12)14-10-6-3-7-11-14/h2-11,18,21H,1H3. The van der Waals surface area contributed by atoms with Crippen molar-refractivity contribution >= 4 is 17.3 Å². The second kappa shape index (κ2) is 5.12. The molecule has 1 unspecified atom stereocenters. The molecule has 5 nitrogen and oxygen atoms in total. The van der Waals surface area contributed by atoms with Crippen LogP contribution in [0.15, 0.2) is 65.8 Å². The van der Waals surface area contributed by atoms with Gasteiger partial charge in [0.2, 0.25) is 0 Å². The first-order valence-corrected chi connectivity index (χ1v) is 6.62. The first-order chi connectivity index (χ1) is 10.2. The van der Waals surface area contributed by atoms with E-state index < -0.39 is 5.54 Å². The maximum atomic E-state index is 12.9. The van der Waals surface area contributed by atoms with Crippen molar-refractivity contribution in [3.63, 3.8) is 0 Å². The van der Waals surface area contributed by atoms with Crippen molar-refractivity contribution in [3.8, 4) is 0 Å². The van der Waals surface area contributed by atoms with Gasteiger partial charge in [-0.3, -0.25) is 4.79 Å². The number of benzene rings is 2. The lowest BCUT2D eigenvalue weighted by Crippen LogP contribution is -2.53. The first-order valence-electron chi connectivity index (χ1n) is 6.62. The molecule has 2 N–H and O–H groups in total. The lowest BCUT2D eigenvalue weighted by Gasteiger charge is -2.26. The Kier molecular flexibility index (Phi) is 3.29. The number of hydrazone groups is 1. The molecule has 0 bridgehead atoms. The molecule has 3 rings (SSSR count). The Morgan fingerprint density at radius 3 is 2.19 bits per heavy atom. The number of nitrogens with one attached hydrogen (secondary N) is 1. The number of anilines is 1. The lowest BCUT2D eigenvalue weighted by molar-refractivity contribution is -0.125. The smallest absolute Gasteiger partial charge is 0.280 e. The van der Waals surface area contributed by atoms with E-state index in [1.807, 2.05) is 36.4 Å². The van der Waals surface area contributed by atoms with Gasteiger partial charge in [-0.2, -0.15) is 15.6 Å². The molecule has 2 aromatic carbocycles. The highest BCUT2D eigenvalue weighted by atomic mass is 16.5. The van der Waals surface area contributed by atoms with Gasteiger partial charge in [0.1, 0.15) is 0 Å². The van der Waals surface area contributed by atoms with Gasteiger partial charge in [-0.1, -0.05) is 48.5 Å². The van der Waals surface area contributed by atoms with Crippen LogP contribution < -0.4 is 10.5 Å². The van der Waals surface area contributed by atoms with Crippen molar-refractivity contribution in [1.29, 1.82) is 0 Å². The predicted octanol–water partition coefficient (Wildman–Crippen LogP) is 2.28. The number of hydrogen-bond acceptors (Lipinski definition) is 4. The Balaban J connectivity index is 2.09. The molecule has 5 heteroatoms. The summed E-state index contributed by atoms with van der Waals surface area (Å²) >= 11 is 0. The molecule has 106 valence electrons. The Morgan fingerprint density at radius 2 is 1.62 bits per heavy atom. The van der Waals surface area contributed by atoms with Gasteiger partial charge in [0.15, 0.2) is 5.54 Å². The summed E-state index contributed by atoms with van der Waals surface area (Å²) in [6.45, 7) is 1.72. The van der Waals surface area contributed by atoms with Crippen LogP contribution in [0.1, 0.15) is 12.5 Å². The Morgan fingerprint density at radius 1 is 1.05 bits per heavy atom. The van der Waals surface area contributed by atoms with Crippen LogP contribution in [0.5, 0.6) is 0 Å². The van der Waals surface area contributed by atoms with Crippen molar-refractivity contribution in [2.45, 2.75) is 12.5 Å². The lowest BCUT2D eigenvalue weighted by atomic mass is 9.86. The normalized spacial score (nSPS) is 21.5. The van der Waals surface area contributed by atoms with Crippen LogP contribution >= 0.6 is 0 Å². The van der Waals surface area contributed by atoms with Crippen molar-refractivity contribution in [1.82, 2.24) is 5.48 Å². The fraction of sp³-hybridized carbons (Fsp3) is 0.125. The quantitative estimate of drug-likeness (QED) is 0.848. The Labute approximate surface area is 122 Å². The van der Waals surface area contributed by atoms with E-state index in [-0.39, 0.29) is 5.91 Å². The maximum absolute atomic E-state index is 12.9. The number of nitrogens with zero attached hydrogens (tertiary/aromatic N) is 2. The molecule has 0 fully saturated rings. The summed E-state index contributed by atoms with van der Waals surface area (Å²) in [6, 6.07) is 18.2. The molecule has 1 aliphatic heterocycles. The van der Waals surface area contributed by atoms with E-state index >= 15 is 0 Å². The summed E-state index contributed by atoms with van der Waals surface area (Å²) in [5, 5.41) is 15.3. The summed E-state index contributed by atoms with van der Waals surface area (Å²) in [5.74, 6) is -0.333. The molecule has 0 spiro atoms. The van der Waals surface area contributed by atoms with Crippen LogP contribution in [0.25, 0.3) is 0 Å². The zero-order valence-corrected chi connectivity index (χ0v) is 11.5. The highest BCUT2D eigenvalue weighted by Crippen LogP contribution is 2.33. The number of para-hydroxylation sites is 1. The number of carbonyl (C=O) groups is 1. The van der Waals surface area contributed by atoms with Crippen LogP contribution in [0, 0.1) is 0 Å². The molecule has 1 heterocycles. The van der Waals surface area contributed by atoms with Crippen molar-refractivity contribution in [2.24, 2.45) is 5.10 Å². The van der Waals surface area contributed by atoms with E-state index in [1.54, 1.807) is 31.2 Å². The fourth-order valence-corrected chi connectivity index (χ4v) is 2.54. The van der Waals surface area contributed by atoms with Crippen molar-refractivity contribution in [3.05, 3.63) is 66.2 Å². The second-order valence-corrected chi connectivity index (χ2v) is 4.87. The van der Waals surface area contributed by atoms with E-state index in [2.05, 4.69) is 10.6 Å². The largest absolute Gasteiger partial charge is 0.315 e. The highest BCUT2D eigenvalue weighted by Gasteiger charge is 2.51. The van der Waals surface area contributed by atoms with E-state index in [0.29, 0.717) is 17.0 Å². The van der Waals surface area contributed by atoms with Gasteiger partial charge in [0.05, 0.1) is 11.4 Å². The van der Waals surface area contributed by atoms with Crippen LogP contribution in [-0.4, -0.2) is 16.8 Å². The number of rotatable bonds is 3. The molecule has 0 radical (unpaired) electrons. The molecule has 2 aromatic rings. The van der Waals surface area contributed by atoms with Gasteiger partial charge >= 0.3 is 0 Å². The Hall–Kier alpha value is -2.50. The zero-order chi connectivity index (χ0) is 14.9. The summed E-state index contributed by atoms with van der Waals surface area (Å²) in [4.78, 5) is 12.9.